The number of esters is 1. The van der Waals surface area contributed by atoms with Gasteiger partial charge in [-0.3, -0.25) is 9.59 Å². The molecule has 0 unspecified atom stereocenters. The lowest BCUT2D eigenvalue weighted by Crippen LogP contribution is -2.30. The first-order chi connectivity index (χ1) is 4.54. The highest BCUT2D eigenvalue weighted by atomic mass is 16.5. The Morgan fingerprint density at radius 1 is 1.60 bits per heavy atom. The largest absolute Gasteiger partial charge is 0.458 e. The number of nitrogens with two attached hydrogens (primary N) is 1. The van der Waals surface area contributed by atoms with Crippen molar-refractivity contribution in [2.45, 2.75) is 19.9 Å². The molecule has 1 atom stereocenters. The fourth-order valence-electron chi connectivity index (χ4n) is 0.304. The van der Waals surface area contributed by atoms with Crippen molar-refractivity contribution >= 4 is 11.8 Å². The molecule has 4 nitrogen and oxygen atoms in total. The number of hydrogen-bond acceptors (Lipinski definition) is 4. The first-order valence-electron chi connectivity index (χ1n) is 2.95. The van der Waals surface area contributed by atoms with E-state index in [-0.39, 0.29) is 12.4 Å². The molecule has 0 spiro atoms. The Morgan fingerprint density at radius 2 is 2.10 bits per heavy atom. The Hall–Kier alpha value is -0.900. The van der Waals surface area contributed by atoms with E-state index in [2.05, 4.69) is 4.74 Å². The fraction of sp³-hybridized carbons (Fsp3) is 0.667. The Labute approximate surface area is 59.3 Å². The fourth-order valence-corrected chi connectivity index (χ4v) is 0.304. The zero-order valence-electron chi connectivity index (χ0n) is 6.09. The van der Waals surface area contributed by atoms with E-state index in [4.69, 9.17) is 5.73 Å². The predicted molar refractivity (Wildman–Crippen MR) is 35.3 cm³/mol. The average molecular weight is 145 g/mol. The molecule has 0 aliphatic rings. The van der Waals surface area contributed by atoms with Crippen LogP contribution in [0.4, 0.5) is 0 Å². The van der Waals surface area contributed by atoms with Gasteiger partial charge in [0.2, 0.25) is 0 Å². The number of Topliss-reactive ketones (excluding diaryl/α,β-unsaturated/α-hetero) is 1. The molecule has 0 rings (SSSR count). The van der Waals surface area contributed by atoms with Crippen molar-refractivity contribution in [3.8, 4) is 0 Å². The molecule has 0 heterocycles. The van der Waals surface area contributed by atoms with Gasteiger partial charge in [0.25, 0.3) is 0 Å². The van der Waals surface area contributed by atoms with Crippen LogP contribution in [0.2, 0.25) is 0 Å². The van der Waals surface area contributed by atoms with Crippen LogP contribution >= 0.6 is 0 Å². The lowest BCUT2D eigenvalue weighted by Gasteiger charge is -2.02. The van der Waals surface area contributed by atoms with E-state index in [9.17, 15) is 9.59 Å². The van der Waals surface area contributed by atoms with E-state index in [1.807, 2.05) is 0 Å². The van der Waals surface area contributed by atoms with Gasteiger partial charge in [-0.1, -0.05) is 0 Å². The van der Waals surface area contributed by atoms with Crippen LogP contribution in [0.25, 0.3) is 0 Å². The minimum atomic E-state index is -0.556. The second-order valence-electron chi connectivity index (χ2n) is 2.04. The Kier molecular flexibility index (Phi) is 3.64. The van der Waals surface area contributed by atoms with Crippen LogP contribution in [0, 0.1) is 0 Å². The summed E-state index contributed by atoms with van der Waals surface area (Å²) in [5, 5.41) is 0. The molecule has 0 aliphatic heterocycles. The van der Waals surface area contributed by atoms with E-state index < -0.39 is 12.0 Å². The summed E-state index contributed by atoms with van der Waals surface area (Å²) in [6.07, 6.45) is 0. The molecule has 58 valence electrons. The Bertz CT molecular complexity index is 142. The topological polar surface area (TPSA) is 69.4 Å². The first-order valence-corrected chi connectivity index (χ1v) is 2.95. The van der Waals surface area contributed by atoms with Crippen LogP contribution < -0.4 is 5.73 Å². The van der Waals surface area contributed by atoms with E-state index >= 15 is 0 Å². The van der Waals surface area contributed by atoms with Gasteiger partial charge in [-0.05, 0) is 6.92 Å². The molecular weight excluding hydrogens is 134 g/mol. The predicted octanol–water partition coefficient (Wildman–Crippen LogP) is -0.534. The summed E-state index contributed by atoms with van der Waals surface area (Å²) in [7, 11) is 0. The van der Waals surface area contributed by atoms with Gasteiger partial charge in [-0.25, -0.2) is 0 Å². The van der Waals surface area contributed by atoms with Gasteiger partial charge >= 0.3 is 5.97 Å². The molecule has 0 aliphatic carbocycles. The molecule has 2 N–H and O–H groups in total. The molecule has 10 heavy (non-hydrogen) atoms. The van der Waals surface area contributed by atoms with E-state index in [0.29, 0.717) is 0 Å². The molecule has 0 amide bonds. The van der Waals surface area contributed by atoms with E-state index in [0.717, 1.165) is 0 Å². The number of ketones is 1. The molecule has 0 saturated heterocycles. The van der Waals surface area contributed by atoms with Crippen molar-refractivity contribution in [2.24, 2.45) is 5.73 Å². The molecule has 0 bridgehead atoms. The molecule has 0 saturated carbocycles. The summed E-state index contributed by atoms with van der Waals surface area (Å²) < 4.78 is 4.40. The van der Waals surface area contributed by atoms with Crippen LogP contribution in [0.3, 0.4) is 0 Å². The molecule has 0 fully saturated rings. The smallest absolute Gasteiger partial charge is 0.303 e. The zero-order chi connectivity index (χ0) is 8.15. The van der Waals surface area contributed by atoms with Crippen LogP contribution in [0.1, 0.15) is 13.8 Å². The van der Waals surface area contributed by atoms with Crippen LogP contribution in [-0.2, 0) is 14.3 Å². The van der Waals surface area contributed by atoms with Gasteiger partial charge in [-0.15, -0.1) is 0 Å². The van der Waals surface area contributed by atoms with Crippen molar-refractivity contribution in [1.82, 2.24) is 0 Å². The lowest BCUT2D eigenvalue weighted by atomic mass is 10.2. The molecular formula is C6H11NO3. The quantitative estimate of drug-likeness (QED) is 0.542. The highest BCUT2D eigenvalue weighted by molar-refractivity contribution is 5.86. The van der Waals surface area contributed by atoms with Crippen molar-refractivity contribution in [1.29, 1.82) is 0 Å². The molecule has 0 aromatic carbocycles. The summed E-state index contributed by atoms with van der Waals surface area (Å²) in [5.74, 6) is -0.732. The van der Waals surface area contributed by atoms with E-state index in [1.54, 1.807) is 6.92 Å². The SMILES string of the molecule is CC(=O)OCC(=O)[C@H](C)N. The van der Waals surface area contributed by atoms with Crippen molar-refractivity contribution in [3.05, 3.63) is 0 Å². The summed E-state index contributed by atoms with van der Waals surface area (Å²) in [4.78, 5) is 20.8. The molecule has 0 radical (unpaired) electrons. The maximum atomic E-state index is 10.6. The first kappa shape index (κ1) is 9.10. The third kappa shape index (κ3) is 4.03. The van der Waals surface area contributed by atoms with Gasteiger partial charge < -0.3 is 10.5 Å². The number of carbonyl (C=O) groups is 2. The molecule has 4 heteroatoms. The summed E-state index contributed by atoms with van der Waals surface area (Å²) in [6.45, 7) is 2.58. The van der Waals surface area contributed by atoms with E-state index in [1.165, 1.54) is 6.92 Å². The Morgan fingerprint density at radius 3 is 2.40 bits per heavy atom. The van der Waals surface area contributed by atoms with Gasteiger partial charge in [0, 0.05) is 6.92 Å². The number of carbonyl (C=O) groups excluding carboxylic acids is 2. The Balaban J connectivity index is 3.50. The lowest BCUT2D eigenvalue weighted by molar-refractivity contribution is -0.145. The average Bonchev–Trinajstić information content (AvgIpc) is 1.82. The molecule has 0 aromatic heterocycles. The number of hydrogen-bond donors (Lipinski definition) is 1. The third-order valence-corrected chi connectivity index (χ3v) is 0.926. The number of ether oxygens (including phenoxy) is 1. The van der Waals surface area contributed by atoms with Crippen molar-refractivity contribution in [2.75, 3.05) is 6.61 Å². The zero-order valence-corrected chi connectivity index (χ0v) is 6.09. The second-order valence-corrected chi connectivity index (χ2v) is 2.04. The molecule has 0 aromatic rings. The maximum Gasteiger partial charge on any atom is 0.303 e. The normalized spacial score (nSPS) is 12.3. The number of rotatable bonds is 3. The van der Waals surface area contributed by atoms with Gasteiger partial charge in [0.1, 0.15) is 0 Å². The summed E-state index contributed by atoms with van der Waals surface area (Å²) in [6, 6.07) is -0.556. The van der Waals surface area contributed by atoms with Gasteiger partial charge in [0.05, 0.1) is 6.04 Å². The highest BCUT2D eigenvalue weighted by Crippen LogP contribution is 1.82. The summed E-state index contributed by atoms with van der Waals surface area (Å²) in [5.41, 5.74) is 5.18. The standard InChI is InChI=1S/C6H11NO3/c1-4(7)6(9)3-10-5(2)8/h4H,3,7H2,1-2H3/t4-/m0/s1. The van der Waals surface area contributed by atoms with Gasteiger partial charge in [-0.2, -0.15) is 0 Å². The monoisotopic (exact) mass is 145 g/mol. The third-order valence-electron chi connectivity index (χ3n) is 0.926. The van der Waals surface area contributed by atoms with Gasteiger partial charge in [0.15, 0.2) is 12.4 Å². The van der Waals surface area contributed by atoms with Crippen molar-refractivity contribution < 1.29 is 14.3 Å². The second kappa shape index (κ2) is 4.00. The summed E-state index contributed by atoms with van der Waals surface area (Å²) >= 11 is 0. The minimum absolute atomic E-state index is 0.215. The van der Waals surface area contributed by atoms with Crippen LogP contribution in [0.15, 0.2) is 0 Å². The van der Waals surface area contributed by atoms with Crippen LogP contribution in [0.5, 0.6) is 0 Å². The van der Waals surface area contributed by atoms with Crippen LogP contribution in [-0.4, -0.2) is 24.4 Å². The van der Waals surface area contributed by atoms with Crippen molar-refractivity contribution in [3.63, 3.8) is 0 Å². The minimum Gasteiger partial charge on any atom is -0.458 e. The highest BCUT2D eigenvalue weighted by Gasteiger charge is 2.08. The maximum absolute atomic E-state index is 10.6.